The zero-order valence-corrected chi connectivity index (χ0v) is 15.0. The van der Waals surface area contributed by atoms with Crippen LogP contribution in [0.4, 0.5) is 0 Å². The molecular weight excluding hydrogens is 326 g/mol. The van der Waals surface area contributed by atoms with Crippen molar-refractivity contribution in [2.75, 3.05) is 19.7 Å². The van der Waals surface area contributed by atoms with Gasteiger partial charge in [0.15, 0.2) is 6.61 Å². The monoisotopic (exact) mass is 349 g/mol. The molecule has 4 rings (SSSR count). The molecule has 0 spiro atoms. The number of hydrogen-bond donors (Lipinski definition) is 0. The lowest BCUT2D eigenvalue weighted by molar-refractivity contribution is -0.134. The number of aromatic nitrogens is 2. The zero-order valence-electron chi connectivity index (χ0n) is 15.0. The first-order valence-electron chi connectivity index (χ1n) is 9.15. The van der Waals surface area contributed by atoms with Crippen LogP contribution in [0, 0.1) is 0 Å². The van der Waals surface area contributed by atoms with E-state index < -0.39 is 0 Å². The van der Waals surface area contributed by atoms with E-state index in [1.54, 1.807) is 4.68 Å². The summed E-state index contributed by atoms with van der Waals surface area (Å²) < 4.78 is 7.76. The van der Waals surface area contributed by atoms with Crippen molar-refractivity contribution in [1.29, 1.82) is 0 Å². The molecule has 0 radical (unpaired) electrons. The molecule has 1 aliphatic heterocycles. The Labute approximate surface area is 153 Å². The number of rotatable bonds is 4. The Morgan fingerprint density at radius 2 is 1.88 bits per heavy atom. The van der Waals surface area contributed by atoms with E-state index >= 15 is 0 Å². The normalized spacial score (nSPS) is 14.6. The molecule has 0 bridgehead atoms. The number of benzene rings is 2. The van der Waals surface area contributed by atoms with Gasteiger partial charge in [-0.25, -0.2) is 0 Å². The highest BCUT2D eigenvalue weighted by Gasteiger charge is 2.19. The number of carbonyl (C=O) groups excluding carboxylic acids is 1. The van der Waals surface area contributed by atoms with E-state index in [9.17, 15) is 4.79 Å². The van der Waals surface area contributed by atoms with E-state index in [0.717, 1.165) is 48.0 Å². The fourth-order valence-corrected chi connectivity index (χ4v) is 3.56. The molecule has 5 nitrogen and oxygen atoms in total. The third kappa shape index (κ3) is 3.29. The van der Waals surface area contributed by atoms with Gasteiger partial charge in [0.25, 0.3) is 5.91 Å². The molecule has 2 aromatic carbocycles. The van der Waals surface area contributed by atoms with Crippen LogP contribution in [0.2, 0.25) is 0 Å². The lowest BCUT2D eigenvalue weighted by Gasteiger charge is -2.26. The van der Waals surface area contributed by atoms with E-state index in [-0.39, 0.29) is 12.5 Å². The molecule has 3 aromatic rings. The van der Waals surface area contributed by atoms with Gasteiger partial charge in [0.2, 0.25) is 0 Å². The summed E-state index contributed by atoms with van der Waals surface area (Å²) in [5.74, 6) is 0.762. The molecule has 1 aliphatic rings. The Balaban J connectivity index is 1.65. The van der Waals surface area contributed by atoms with Gasteiger partial charge < -0.3 is 9.64 Å². The van der Waals surface area contributed by atoms with Gasteiger partial charge in [-0.1, -0.05) is 30.3 Å². The lowest BCUT2D eigenvalue weighted by atomic mass is 10.0. The van der Waals surface area contributed by atoms with Crippen LogP contribution >= 0.6 is 0 Å². The molecule has 1 amide bonds. The summed E-state index contributed by atoms with van der Waals surface area (Å²) in [6.45, 7) is 1.75. The maximum Gasteiger partial charge on any atom is 0.260 e. The number of fused-ring (bicyclic) bond motifs is 1. The molecule has 0 atom stereocenters. The largest absolute Gasteiger partial charge is 0.483 e. The first-order chi connectivity index (χ1) is 12.7. The minimum Gasteiger partial charge on any atom is -0.483 e. The molecule has 1 saturated heterocycles. The predicted molar refractivity (Wildman–Crippen MR) is 102 cm³/mol. The number of nitrogens with zero attached hydrogens (tertiary/aromatic N) is 3. The van der Waals surface area contributed by atoms with E-state index in [4.69, 9.17) is 4.74 Å². The van der Waals surface area contributed by atoms with Gasteiger partial charge >= 0.3 is 0 Å². The highest BCUT2D eigenvalue weighted by molar-refractivity contribution is 5.99. The van der Waals surface area contributed by atoms with E-state index in [1.165, 1.54) is 6.42 Å². The molecule has 26 heavy (non-hydrogen) atoms. The fourth-order valence-electron chi connectivity index (χ4n) is 3.56. The third-order valence-electron chi connectivity index (χ3n) is 4.92. The topological polar surface area (TPSA) is 47.4 Å². The molecule has 134 valence electrons. The Bertz CT molecular complexity index is 926. The molecule has 5 heteroatoms. The average Bonchev–Trinajstić information content (AvgIpc) is 3.12. The second-order valence-corrected chi connectivity index (χ2v) is 6.76. The van der Waals surface area contributed by atoms with Crippen molar-refractivity contribution in [2.24, 2.45) is 7.05 Å². The first-order valence-corrected chi connectivity index (χ1v) is 9.15. The SMILES string of the molecule is Cn1ccc(-c2c(OCC(=O)N3CCCCC3)ccc3ccccc23)n1. The van der Waals surface area contributed by atoms with Gasteiger partial charge in [-0.3, -0.25) is 9.48 Å². The minimum absolute atomic E-state index is 0.0600. The zero-order chi connectivity index (χ0) is 17.9. The van der Waals surface area contributed by atoms with Gasteiger partial charge in [0.05, 0.1) is 11.3 Å². The fraction of sp³-hybridized carbons (Fsp3) is 0.333. The molecular formula is C21H23N3O2. The number of carbonyl (C=O) groups is 1. The second kappa shape index (κ2) is 7.20. The molecule has 0 saturated carbocycles. The van der Waals surface area contributed by atoms with E-state index in [1.807, 2.05) is 48.5 Å². The smallest absolute Gasteiger partial charge is 0.260 e. The molecule has 1 aromatic heterocycles. The van der Waals surface area contributed by atoms with Gasteiger partial charge in [-0.05, 0) is 42.2 Å². The Morgan fingerprint density at radius 1 is 1.08 bits per heavy atom. The summed E-state index contributed by atoms with van der Waals surface area (Å²) in [5, 5.41) is 6.76. The number of aryl methyl sites for hydroxylation is 1. The summed E-state index contributed by atoms with van der Waals surface area (Å²) in [7, 11) is 1.90. The van der Waals surface area contributed by atoms with Crippen molar-refractivity contribution in [2.45, 2.75) is 19.3 Å². The Hall–Kier alpha value is -2.82. The third-order valence-corrected chi connectivity index (χ3v) is 4.92. The summed E-state index contributed by atoms with van der Waals surface area (Å²) >= 11 is 0. The molecule has 0 unspecified atom stereocenters. The highest BCUT2D eigenvalue weighted by Crippen LogP contribution is 2.36. The summed E-state index contributed by atoms with van der Waals surface area (Å²) in [4.78, 5) is 14.4. The van der Waals surface area contributed by atoms with Crippen molar-refractivity contribution in [3.8, 4) is 17.0 Å². The molecule has 0 aliphatic carbocycles. The summed E-state index contributed by atoms with van der Waals surface area (Å²) in [5.41, 5.74) is 1.79. The summed E-state index contributed by atoms with van der Waals surface area (Å²) in [6.07, 6.45) is 5.29. The van der Waals surface area contributed by atoms with Gasteiger partial charge in [-0.2, -0.15) is 5.10 Å². The number of amides is 1. The Morgan fingerprint density at radius 3 is 2.65 bits per heavy atom. The van der Waals surface area contributed by atoms with Crippen LogP contribution in [-0.4, -0.2) is 40.3 Å². The highest BCUT2D eigenvalue weighted by atomic mass is 16.5. The van der Waals surface area contributed by atoms with Crippen molar-refractivity contribution >= 4 is 16.7 Å². The number of likely N-dealkylation sites (tertiary alicyclic amines) is 1. The van der Waals surface area contributed by atoms with Crippen molar-refractivity contribution in [1.82, 2.24) is 14.7 Å². The van der Waals surface area contributed by atoms with Crippen LogP contribution < -0.4 is 4.74 Å². The number of piperidine rings is 1. The van der Waals surface area contributed by atoms with Gasteiger partial charge in [0, 0.05) is 26.3 Å². The van der Waals surface area contributed by atoms with Gasteiger partial charge in [0.1, 0.15) is 5.75 Å². The van der Waals surface area contributed by atoms with Crippen molar-refractivity contribution in [3.05, 3.63) is 48.7 Å². The molecule has 2 heterocycles. The summed E-state index contributed by atoms with van der Waals surface area (Å²) in [6, 6.07) is 14.1. The maximum absolute atomic E-state index is 12.5. The van der Waals surface area contributed by atoms with Crippen molar-refractivity contribution < 1.29 is 9.53 Å². The standard InChI is InChI=1S/C21H23N3O2/c1-23-14-11-18(22-23)21-17-8-4-3-7-16(17)9-10-19(21)26-15-20(25)24-12-5-2-6-13-24/h3-4,7-11,14H,2,5-6,12-13,15H2,1H3. The van der Waals surface area contributed by atoms with Crippen LogP contribution in [0.15, 0.2) is 48.7 Å². The first kappa shape index (κ1) is 16.6. The van der Waals surface area contributed by atoms with Gasteiger partial charge in [-0.15, -0.1) is 0 Å². The number of hydrogen-bond acceptors (Lipinski definition) is 3. The van der Waals surface area contributed by atoms with Crippen LogP contribution in [-0.2, 0) is 11.8 Å². The van der Waals surface area contributed by atoms with Crippen LogP contribution in [0.25, 0.3) is 22.0 Å². The predicted octanol–water partition coefficient (Wildman–Crippen LogP) is 3.63. The molecule has 0 N–H and O–H groups in total. The molecule has 1 fully saturated rings. The van der Waals surface area contributed by atoms with Crippen LogP contribution in [0.1, 0.15) is 19.3 Å². The quantitative estimate of drug-likeness (QED) is 0.723. The minimum atomic E-state index is 0.0600. The van der Waals surface area contributed by atoms with Crippen molar-refractivity contribution in [3.63, 3.8) is 0 Å². The maximum atomic E-state index is 12.5. The van der Waals surface area contributed by atoms with E-state index in [0.29, 0.717) is 5.75 Å². The Kier molecular flexibility index (Phi) is 4.61. The second-order valence-electron chi connectivity index (χ2n) is 6.76. The van der Waals surface area contributed by atoms with Crippen LogP contribution in [0.5, 0.6) is 5.75 Å². The van der Waals surface area contributed by atoms with E-state index in [2.05, 4.69) is 17.2 Å². The van der Waals surface area contributed by atoms with Crippen LogP contribution in [0.3, 0.4) is 0 Å². The number of ether oxygens (including phenoxy) is 1. The average molecular weight is 349 g/mol. The lowest BCUT2D eigenvalue weighted by Crippen LogP contribution is -2.38.